The number of hydrogen-bond acceptors (Lipinski definition) is 7. The lowest BCUT2D eigenvalue weighted by atomic mass is 10.5. The Morgan fingerprint density at radius 1 is 0.950 bits per heavy atom. The lowest BCUT2D eigenvalue weighted by Crippen LogP contribution is -2.46. The van der Waals surface area contributed by atoms with Crippen molar-refractivity contribution in [2.24, 2.45) is 0 Å². The van der Waals surface area contributed by atoms with Gasteiger partial charge in [0.25, 0.3) is 7.82 Å². The van der Waals surface area contributed by atoms with Gasteiger partial charge in [-0.15, -0.1) is 0 Å². The van der Waals surface area contributed by atoms with Crippen molar-refractivity contribution < 1.29 is 51.2 Å². The molecule has 11 nitrogen and oxygen atoms in total. The summed E-state index contributed by atoms with van der Waals surface area (Å²) in [5.74, 6) is 0. The van der Waals surface area contributed by atoms with E-state index < -0.39 is 23.5 Å². The highest BCUT2D eigenvalue weighted by atomic mass is 31.3. The van der Waals surface area contributed by atoms with Gasteiger partial charge in [0.05, 0.1) is 0 Å². The predicted octanol–water partition coefficient (Wildman–Crippen LogP) is 0.489. The van der Waals surface area contributed by atoms with Gasteiger partial charge >= 0.3 is 15.6 Å². The van der Waals surface area contributed by atoms with Crippen LogP contribution in [0.5, 0.6) is 0 Å². The van der Waals surface area contributed by atoms with Crippen molar-refractivity contribution in [1.29, 1.82) is 0 Å². The summed E-state index contributed by atoms with van der Waals surface area (Å²) in [6.45, 7) is 5.62. The fraction of sp³-hybridized carbons (Fsp3) is 1.00. The number of nitrogens with zero attached hydrogens (tertiary/aromatic N) is 1. The molecule has 0 saturated heterocycles. The van der Waals surface area contributed by atoms with E-state index in [9.17, 15) is 23.5 Å². The highest BCUT2D eigenvalue weighted by molar-refractivity contribution is 7.65. The van der Waals surface area contributed by atoms with E-state index in [2.05, 4.69) is 8.62 Å². The van der Waals surface area contributed by atoms with Crippen LogP contribution in [-0.4, -0.2) is 39.0 Å². The number of quaternary nitrogens is 1. The summed E-state index contributed by atoms with van der Waals surface area (Å²) >= 11 is 0. The van der Waals surface area contributed by atoms with Gasteiger partial charge < -0.3 is 14.7 Å². The molecule has 0 aromatic rings. The zero-order chi connectivity index (χ0) is 16.2. The molecule has 2 unspecified atom stereocenters. The molecule has 0 aromatic carbocycles. The van der Waals surface area contributed by atoms with Crippen molar-refractivity contribution in [3.8, 4) is 0 Å². The fourth-order valence-corrected chi connectivity index (χ4v) is 4.69. The molecule has 0 fully saturated rings. The van der Waals surface area contributed by atoms with Crippen molar-refractivity contribution >= 4 is 23.5 Å². The fourth-order valence-electron chi connectivity index (χ4n) is 1.35. The van der Waals surface area contributed by atoms with Gasteiger partial charge in [-0.1, -0.05) is 4.62 Å². The number of rotatable bonds is 9. The molecule has 0 aromatic heterocycles. The zero-order valence-corrected chi connectivity index (χ0v) is 13.8. The molecule has 0 heterocycles. The van der Waals surface area contributed by atoms with Gasteiger partial charge in [-0.2, -0.15) is 4.65 Å². The van der Waals surface area contributed by atoms with Crippen LogP contribution in [0.4, 0.5) is 0 Å². The van der Waals surface area contributed by atoms with Crippen LogP contribution in [0, 0.1) is 0 Å². The molecule has 0 radical (unpaired) electrons. The highest BCUT2D eigenvalue weighted by Gasteiger charge is 2.41. The summed E-state index contributed by atoms with van der Waals surface area (Å²) < 4.78 is 44.5. The SMILES string of the molecule is CC[N+](CC)(CC)OP(=O)(O)OP(=O)([O-])OP(=O)(O)O. The average Bonchev–Trinajstić information content (AvgIpc) is 2.20. The van der Waals surface area contributed by atoms with Crippen LogP contribution in [0.25, 0.3) is 0 Å². The van der Waals surface area contributed by atoms with E-state index in [0.717, 1.165) is 0 Å². The van der Waals surface area contributed by atoms with Gasteiger partial charge in [0.2, 0.25) is 0 Å². The summed E-state index contributed by atoms with van der Waals surface area (Å²) in [5.41, 5.74) is 0. The first kappa shape index (κ1) is 20.4. The molecule has 0 spiro atoms. The van der Waals surface area contributed by atoms with E-state index in [1.54, 1.807) is 20.8 Å². The molecule has 0 aliphatic carbocycles. The largest absolute Gasteiger partial charge is 0.756 e. The first-order chi connectivity index (χ1) is 8.80. The van der Waals surface area contributed by atoms with Gasteiger partial charge in [-0.05, 0) is 20.8 Å². The second kappa shape index (κ2) is 7.09. The van der Waals surface area contributed by atoms with Crippen LogP contribution in [0.3, 0.4) is 0 Å². The van der Waals surface area contributed by atoms with Crippen LogP contribution in [-0.2, 0) is 26.9 Å². The molecule has 0 bridgehead atoms. The second-order valence-electron chi connectivity index (χ2n) is 3.66. The van der Waals surface area contributed by atoms with Crippen molar-refractivity contribution in [2.75, 3.05) is 19.6 Å². The Labute approximate surface area is 116 Å². The van der Waals surface area contributed by atoms with Gasteiger partial charge in [-0.3, -0.25) is 9.46 Å². The lowest BCUT2D eigenvalue weighted by molar-refractivity contribution is -1.08. The summed E-state index contributed by atoms with van der Waals surface area (Å²) in [6.07, 6.45) is 0. The third kappa shape index (κ3) is 7.40. The Balaban J connectivity index is 5.04. The van der Waals surface area contributed by atoms with Crippen LogP contribution in [0.1, 0.15) is 20.8 Å². The molecule has 0 saturated carbocycles. The van der Waals surface area contributed by atoms with Gasteiger partial charge in [0, 0.05) is 0 Å². The van der Waals surface area contributed by atoms with Crippen molar-refractivity contribution in [1.82, 2.24) is 0 Å². The maximum Gasteiger partial charge on any atom is 0.524 e. The van der Waals surface area contributed by atoms with E-state index in [1.165, 1.54) is 0 Å². The highest BCUT2D eigenvalue weighted by Crippen LogP contribution is 2.64. The minimum absolute atomic E-state index is 0.240. The monoisotopic (exact) mass is 357 g/mol. The first-order valence-corrected chi connectivity index (χ1v) is 9.98. The van der Waals surface area contributed by atoms with Crippen LogP contribution in [0.2, 0.25) is 0 Å². The predicted molar refractivity (Wildman–Crippen MR) is 64.6 cm³/mol. The molecule has 3 N–H and O–H groups in total. The third-order valence-corrected chi connectivity index (χ3v) is 6.24. The summed E-state index contributed by atoms with van der Waals surface area (Å²) in [4.78, 5) is 37.1. The Morgan fingerprint density at radius 3 is 1.65 bits per heavy atom. The van der Waals surface area contributed by atoms with E-state index in [1.807, 2.05) is 0 Å². The van der Waals surface area contributed by atoms with Gasteiger partial charge in [0.1, 0.15) is 19.6 Å². The maximum atomic E-state index is 11.6. The summed E-state index contributed by atoms with van der Waals surface area (Å²) in [5, 5.41) is 0. The van der Waals surface area contributed by atoms with Crippen LogP contribution in [0.15, 0.2) is 0 Å². The molecule has 20 heavy (non-hydrogen) atoms. The zero-order valence-electron chi connectivity index (χ0n) is 11.1. The smallest absolute Gasteiger partial charge is 0.524 e. The van der Waals surface area contributed by atoms with E-state index in [-0.39, 0.29) is 24.3 Å². The van der Waals surface area contributed by atoms with Crippen molar-refractivity contribution in [2.45, 2.75) is 20.8 Å². The molecule has 0 rings (SSSR count). The quantitative estimate of drug-likeness (QED) is 0.300. The second-order valence-corrected chi connectivity index (χ2v) is 7.94. The first-order valence-electron chi connectivity index (χ1n) is 5.50. The third-order valence-electron chi connectivity index (χ3n) is 2.41. The molecule has 122 valence electrons. The number of hydroxylamine groups is 3. The van der Waals surface area contributed by atoms with E-state index in [4.69, 9.17) is 14.4 Å². The molecule has 14 heteroatoms. The normalized spacial score (nSPS) is 19.4. The Bertz CT molecular complexity index is 448. The Kier molecular flexibility index (Phi) is 7.22. The number of phosphoric acid groups is 3. The van der Waals surface area contributed by atoms with Crippen LogP contribution < -0.4 is 4.89 Å². The van der Waals surface area contributed by atoms with Gasteiger partial charge in [0.15, 0.2) is 0 Å². The number of hydrogen-bond donors (Lipinski definition) is 3. The van der Waals surface area contributed by atoms with Gasteiger partial charge in [-0.25, -0.2) is 17.8 Å². The molecular formula is C6H18NO10P3. The van der Waals surface area contributed by atoms with Crippen LogP contribution >= 0.6 is 23.5 Å². The molecule has 0 aliphatic rings. The maximum absolute atomic E-state index is 11.6. The molecule has 0 aliphatic heterocycles. The summed E-state index contributed by atoms with van der Waals surface area (Å²) in [7, 11) is -16.3. The standard InChI is InChI=1S/C6H18NO10P3/c1-4-7(5-2,6-3)15-19(11,12)17-20(13,14)16-18(8,9)10/h4-6H2,1-3H3,(H3-,8,9,10,11,12,13,14). The Hall–Kier alpha value is 0.370. The summed E-state index contributed by atoms with van der Waals surface area (Å²) in [6, 6.07) is 0. The molecule has 2 atom stereocenters. The topological polar surface area (TPSA) is 163 Å². The van der Waals surface area contributed by atoms with E-state index >= 15 is 0 Å². The lowest BCUT2D eigenvalue weighted by Gasteiger charge is -2.33. The Morgan fingerprint density at radius 2 is 1.35 bits per heavy atom. The van der Waals surface area contributed by atoms with Crippen molar-refractivity contribution in [3.63, 3.8) is 0 Å². The molecule has 0 amide bonds. The minimum atomic E-state index is -5.71. The van der Waals surface area contributed by atoms with Crippen molar-refractivity contribution in [3.05, 3.63) is 0 Å². The average molecular weight is 357 g/mol. The minimum Gasteiger partial charge on any atom is -0.756 e. The molecular weight excluding hydrogens is 339 g/mol. The van der Waals surface area contributed by atoms with E-state index in [0.29, 0.717) is 0 Å².